The number of carbonyl (C=O) groups is 3. The predicted molar refractivity (Wildman–Crippen MR) is 108 cm³/mol. The minimum atomic E-state index is -0.560. The lowest BCUT2D eigenvalue weighted by Crippen LogP contribution is -2.54. The van der Waals surface area contributed by atoms with Crippen molar-refractivity contribution in [2.75, 3.05) is 13.1 Å². The summed E-state index contributed by atoms with van der Waals surface area (Å²) in [4.78, 5) is 39.7. The monoisotopic (exact) mass is 385 g/mol. The van der Waals surface area contributed by atoms with Crippen LogP contribution in [0.3, 0.4) is 0 Å². The molecule has 0 bridgehead atoms. The highest BCUT2D eigenvalue weighted by Crippen LogP contribution is 2.24. The van der Waals surface area contributed by atoms with Crippen molar-refractivity contribution < 1.29 is 14.4 Å². The molecule has 1 atom stereocenters. The van der Waals surface area contributed by atoms with Crippen LogP contribution in [-0.2, 0) is 9.59 Å². The summed E-state index contributed by atoms with van der Waals surface area (Å²) in [5, 5.41) is 5.99. The summed E-state index contributed by atoms with van der Waals surface area (Å²) < 4.78 is 0. The van der Waals surface area contributed by atoms with Gasteiger partial charge >= 0.3 is 0 Å². The van der Waals surface area contributed by atoms with Crippen LogP contribution in [0.15, 0.2) is 30.3 Å². The molecule has 2 fully saturated rings. The summed E-state index contributed by atoms with van der Waals surface area (Å²) >= 11 is 0. The number of rotatable bonds is 7. The van der Waals surface area contributed by atoms with E-state index in [1.54, 1.807) is 12.1 Å². The van der Waals surface area contributed by atoms with E-state index >= 15 is 0 Å². The van der Waals surface area contributed by atoms with Crippen molar-refractivity contribution in [3.63, 3.8) is 0 Å². The van der Waals surface area contributed by atoms with Crippen LogP contribution in [0.4, 0.5) is 0 Å². The maximum absolute atomic E-state index is 12.8. The fraction of sp³-hybridized carbons (Fsp3) is 0.591. The molecule has 3 rings (SSSR count). The molecule has 1 saturated carbocycles. The van der Waals surface area contributed by atoms with Gasteiger partial charge in [0.15, 0.2) is 0 Å². The first-order valence-corrected chi connectivity index (χ1v) is 10.4. The van der Waals surface area contributed by atoms with Gasteiger partial charge in [0.05, 0.1) is 0 Å². The Hall–Kier alpha value is -2.37. The number of nitrogens with one attached hydrogen (secondary N) is 2. The number of nitrogens with zero attached hydrogens (tertiary/aromatic N) is 1. The molecule has 2 N–H and O–H groups in total. The number of carbonyl (C=O) groups excluding carboxylic acids is 3. The van der Waals surface area contributed by atoms with Crippen molar-refractivity contribution in [2.24, 2.45) is 11.8 Å². The van der Waals surface area contributed by atoms with Gasteiger partial charge in [-0.05, 0) is 49.7 Å². The molecule has 1 aromatic rings. The van der Waals surface area contributed by atoms with E-state index in [1.165, 1.54) is 0 Å². The van der Waals surface area contributed by atoms with E-state index in [0.29, 0.717) is 31.0 Å². The normalized spacial score (nSPS) is 18.6. The van der Waals surface area contributed by atoms with E-state index in [0.717, 1.165) is 25.7 Å². The third-order valence-corrected chi connectivity index (χ3v) is 5.48. The highest BCUT2D eigenvalue weighted by Gasteiger charge is 2.36. The summed E-state index contributed by atoms with van der Waals surface area (Å²) in [7, 11) is 0. The molecule has 2 aliphatic rings. The van der Waals surface area contributed by atoms with Crippen molar-refractivity contribution in [3.05, 3.63) is 35.9 Å². The van der Waals surface area contributed by atoms with Gasteiger partial charge in [-0.15, -0.1) is 0 Å². The summed E-state index contributed by atoms with van der Waals surface area (Å²) in [5.41, 5.74) is 0.552. The molecule has 28 heavy (non-hydrogen) atoms. The van der Waals surface area contributed by atoms with Gasteiger partial charge in [0, 0.05) is 31.1 Å². The maximum atomic E-state index is 12.8. The van der Waals surface area contributed by atoms with Gasteiger partial charge in [-0.25, -0.2) is 0 Å². The fourth-order valence-corrected chi connectivity index (χ4v) is 3.69. The van der Waals surface area contributed by atoms with Gasteiger partial charge in [-0.2, -0.15) is 0 Å². The van der Waals surface area contributed by atoms with Crippen molar-refractivity contribution in [1.29, 1.82) is 0 Å². The molecule has 6 heteroatoms. The zero-order valence-electron chi connectivity index (χ0n) is 16.8. The molecule has 1 aliphatic heterocycles. The zero-order chi connectivity index (χ0) is 20.1. The smallest absolute Gasteiger partial charge is 0.251 e. The third kappa shape index (κ3) is 5.57. The Morgan fingerprint density at radius 3 is 2.25 bits per heavy atom. The van der Waals surface area contributed by atoms with Crippen LogP contribution in [-0.4, -0.2) is 47.8 Å². The Bertz CT molecular complexity index is 692. The lowest BCUT2D eigenvalue weighted by atomic mass is 9.88. The number of hydrogen-bond donors (Lipinski definition) is 2. The van der Waals surface area contributed by atoms with Gasteiger partial charge in [-0.1, -0.05) is 32.0 Å². The van der Waals surface area contributed by atoms with Crippen LogP contribution >= 0.6 is 0 Å². The zero-order valence-corrected chi connectivity index (χ0v) is 16.8. The van der Waals surface area contributed by atoms with Crippen molar-refractivity contribution >= 4 is 17.7 Å². The summed E-state index contributed by atoms with van der Waals surface area (Å²) in [6.45, 7) is 5.37. The molecule has 1 heterocycles. The minimum Gasteiger partial charge on any atom is -0.352 e. The molecule has 6 nitrogen and oxygen atoms in total. The highest BCUT2D eigenvalue weighted by molar-refractivity contribution is 5.97. The quantitative estimate of drug-likeness (QED) is 0.756. The van der Waals surface area contributed by atoms with Crippen LogP contribution in [0, 0.1) is 11.8 Å². The van der Waals surface area contributed by atoms with E-state index in [9.17, 15) is 14.4 Å². The molecular formula is C22H31N3O3. The second-order valence-electron chi connectivity index (χ2n) is 8.42. The van der Waals surface area contributed by atoms with E-state index in [4.69, 9.17) is 0 Å². The van der Waals surface area contributed by atoms with Crippen LogP contribution in [0.25, 0.3) is 0 Å². The lowest BCUT2D eigenvalue weighted by molar-refractivity contribution is -0.133. The number of benzene rings is 1. The Morgan fingerprint density at radius 1 is 1.04 bits per heavy atom. The summed E-state index contributed by atoms with van der Waals surface area (Å²) in [6, 6.07) is 8.67. The predicted octanol–water partition coefficient (Wildman–Crippen LogP) is 2.35. The number of likely N-dealkylation sites (tertiary alicyclic amines) is 1. The Balaban J connectivity index is 1.63. The second kappa shape index (κ2) is 9.22. The van der Waals surface area contributed by atoms with E-state index < -0.39 is 6.04 Å². The molecule has 1 saturated heterocycles. The Morgan fingerprint density at radius 2 is 1.68 bits per heavy atom. The highest BCUT2D eigenvalue weighted by atomic mass is 16.2. The van der Waals surface area contributed by atoms with E-state index in [1.807, 2.05) is 36.9 Å². The number of hydrogen-bond acceptors (Lipinski definition) is 3. The Kier molecular flexibility index (Phi) is 6.70. The first-order valence-electron chi connectivity index (χ1n) is 10.4. The Labute approximate surface area is 167 Å². The summed E-state index contributed by atoms with van der Waals surface area (Å²) in [6.07, 6.45) is 4.02. The minimum absolute atomic E-state index is 0.0366. The molecule has 152 valence electrons. The van der Waals surface area contributed by atoms with E-state index in [-0.39, 0.29) is 29.7 Å². The molecule has 0 radical (unpaired) electrons. The average molecular weight is 386 g/mol. The average Bonchev–Trinajstić information content (AvgIpc) is 3.50. The SMILES string of the molecule is CC(C)CC(=O)N1CCC([C@@H](NC(=O)c2ccccc2)C(=O)NC2CC2)CC1. The molecule has 0 aromatic heterocycles. The van der Waals surface area contributed by atoms with Crippen LogP contribution in [0.5, 0.6) is 0 Å². The van der Waals surface area contributed by atoms with Gasteiger partial charge in [-0.3, -0.25) is 14.4 Å². The summed E-state index contributed by atoms with van der Waals surface area (Å²) in [5.74, 6) is 0.233. The van der Waals surface area contributed by atoms with Crippen molar-refractivity contribution in [3.8, 4) is 0 Å². The van der Waals surface area contributed by atoms with Crippen molar-refractivity contribution in [1.82, 2.24) is 15.5 Å². The molecule has 1 aliphatic carbocycles. The number of piperidine rings is 1. The molecule has 0 spiro atoms. The maximum Gasteiger partial charge on any atom is 0.251 e. The fourth-order valence-electron chi connectivity index (χ4n) is 3.69. The third-order valence-electron chi connectivity index (χ3n) is 5.48. The van der Waals surface area contributed by atoms with Gasteiger partial charge < -0.3 is 15.5 Å². The van der Waals surface area contributed by atoms with Crippen LogP contribution in [0.1, 0.15) is 56.3 Å². The molecule has 3 amide bonds. The van der Waals surface area contributed by atoms with Crippen LogP contribution in [0.2, 0.25) is 0 Å². The van der Waals surface area contributed by atoms with Gasteiger partial charge in [0.2, 0.25) is 11.8 Å². The van der Waals surface area contributed by atoms with Gasteiger partial charge in [0.25, 0.3) is 5.91 Å². The van der Waals surface area contributed by atoms with Crippen LogP contribution < -0.4 is 10.6 Å². The first kappa shape index (κ1) is 20.4. The second-order valence-corrected chi connectivity index (χ2v) is 8.42. The first-order chi connectivity index (χ1) is 13.4. The lowest BCUT2D eigenvalue weighted by Gasteiger charge is -2.36. The largest absolute Gasteiger partial charge is 0.352 e. The topological polar surface area (TPSA) is 78.5 Å². The molecule has 1 aromatic carbocycles. The number of amides is 3. The molecular weight excluding hydrogens is 354 g/mol. The van der Waals surface area contributed by atoms with Gasteiger partial charge in [0.1, 0.15) is 6.04 Å². The van der Waals surface area contributed by atoms with Crippen molar-refractivity contribution in [2.45, 2.75) is 58.0 Å². The standard InChI is InChI=1S/C22H31N3O3/c1-15(2)14-19(26)25-12-10-16(11-13-25)20(22(28)23-18-8-9-18)24-21(27)17-6-4-3-5-7-17/h3-7,15-16,18,20H,8-14H2,1-2H3,(H,23,28)(H,24,27)/t20-/m1/s1. The van der Waals surface area contributed by atoms with E-state index in [2.05, 4.69) is 10.6 Å². The molecule has 0 unspecified atom stereocenters.